The number of hydrogen-bond acceptors (Lipinski definition) is 4. The number of nitrogens with zero attached hydrogens (tertiary/aromatic N) is 1. The lowest BCUT2D eigenvalue weighted by Gasteiger charge is -2.18. The van der Waals surface area contributed by atoms with Crippen molar-refractivity contribution in [1.82, 2.24) is 10.2 Å². The summed E-state index contributed by atoms with van der Waals surface area (Å²) in [5.41, 5.74) is 0.829. The van der Waals surface area contributed by atoms with Gasteiger partial charge in [-0.3, -0.25) is 9.69 Å². The highest BCUT2D eigenvalue weighted by Crippen LogP contribution is 2.38. The van der Waals surface area contributed by atoms with Crippen molar-refractivity contribution in [1.29, 1.82) is 0 Å². The Bertz CT molecular complexity index is 687. The van der Waals surface area contributed by atoms with Gasteiger partial charge in [0.05, 0.1) is 17.7 Å². The van der Waals surface area contributed by atoms with Crippen LogP contribution in [0.25, 0.3) is 6.08 Å². The predicted octanol–water partition coefficient (Wildman–Crippen LogP) is 3.44. The summed E-state index contributed by atoms with van der Waals surface area (Å²) in [7, 11) is 1.42. The summed E-state index contributed by atoms with van der Waals surface area (Å²) in [4.78, 5) is 24.5. The zero-order valence-corrected chi connectivity index (χ0v) is 14.9. The first-order valence-corrected chi connectivity index (χ1v) is 8.18. The molecule has 3 amide bonds. The van der Waals surface area contributed by atoms with Gasteiger partial charge >= 0.3 is 6.03 Å². The smallest absolute Gasteiger partial charge is 0.328 e. The van der Waals surface area contributed by atoms with Crippen molar-refractivity contribution in [3.05, 3.63) is 28.4 Å². The number of urea groups is 1. The molecule has 1 aliphatic rings. The molecule has 1 aromatic rings. The Balaban J connectivity index is 2.39. The van der Waals surface area contributed by atoms with Crippen LogP contribution in [0.2, 0.25) is 5.02 Å². The van der Waals surface area contributed by atoms with Gasteiger partial charge in [0.15, 0.2) is 11.5 Å². The number of rotatable bonds is 6. The van der Waals surface area contributed by atoms with E-state index < -0.39 is 11.9 Å². The van der Waals surface area contributed by atoms with Gasteiger partial charge in [0.2, 0.25) is 0 Å². The third-order valence-electron chi connectivity index (χ3n) is 3.62. The monoisotopic (exact) mass is 352 g/mol. The maximum absolute atomic E-state index is 12.0. The Kier molecular flexibility index (Phi) is 5.72. The number of imide groups is 1. The summed E-state index contributed by atoms with van der Waals surface area (Å²) >= 11 is 6.33. The zero-order chi connectivity index (χ0) is 17.9. The van der Waals surface area contributed by atoms with Gasteiger partial charge in [-0.15, -0.1) is 0 Å². The first-order chi connectivity index (χ1) is 11.4. The van der Waals surface area contributed by atoms with E-state index >= 15 is 0 Å². The number of hydrogen-bond donors (Lipinski definition) is 1. The van der Waals surface area contributed by atoms with Gasteiger partial charge < -0.3 is 14.8 Å². The Morgan fingerprint density at radius 2 is 2.04 bits per heavy atom. The van der Waals surface area contributed by atoms with E-state index in [4.69, 9.17) is 21.1 Å². The Morgan fingerprint density at radius 3 is 2.58 bits per heavy atom. The minimum atomic E-state index is -0.459. The Hall–Kier alpha value is -2.21. The molecule has 7 heteroatoms. The van der Waals surface area contributed by atoms with Crippen molar-refractivity contribution < 1.29 is 19.1 Å². The number of likely N-dealkylation sites (N-methyl/N-ethyl adjacent to an activating group) is 1. The van der Waals surface area contributed by atoms with E-state index in [2.05, 4.69) is 5.32 Å². The molecule has 1 fully saturated rings. The molecule has 0 spiro atoms. The second-order valence-electron chi connectivity index (χ2n) is 5.45. The standard InChI is InChI=1S/C17H21ClN2O4/c1-5-10(3)24-15-12(18)7-11(9-14(15)23-6-2)8-13-16(21)20(4)17(22)19-13/h7-10H,5-6H2,1-4H3,(H,19,22)/b13-8+/t10-/m0/s1. The fourth-order valence-electron chi connectivity index (χ4n) is 2.12. The van der Waals surface area contributed by atoms with Crippen LogP contribution in [0.1, 0.15) is 32.8 Å². The number of ether oxygens (including phenoxy) is 2. The van der Waals surface area contributed by atoms with Crippen LogP contribution < -0.4 is 14.8 Å². The summed E-state index contributed by atoms with van der Waals surface area (Å²) in [6.07, 6.45) is 2.39. The molecule has 1 aliphatic heterocycles. The highest BCUT2D eigenvalue weighted by atomic mass is 35.5. The summed E-state index contributed by atoms with van der Waals surface area (Å²) in [6, 6.07) is 2.95. The van der Waals surface area contributed by atoms with Crippen molar-refractivity contribution >= 4 is 29.6 Å². The lowest BCUT2D eigenvalue weighted by Crippen LogP contribution is -2.25. The molecule has 2 rings (SSSR count). The number of amides is 3. The van der Waals surface area contributed by atoms with E-state index in [-0.39, 0.29) is 11.8 Å². The summed E-state index contributed by atoms with van der Waals surface area (Å²) < 4.78 is 11.5. The van der Waals surface area contributed by atoms with E-state index in [1.807, 2.05) is 20.8 Å². The molecular weight excluding hydrogens is 332 g/mol. The van der Waals surface area contributed by atoms with Crippen molar-refractivity contribution in [3.63, 3.8) is 0 Å². The topological polar surface area (TPSA) is 67.9 Å². The molecule has 0 aliphatic carbocycles. The van der Waals surface area contributed by atoms with Crippen LogP contribution in [0.3, 0.4) is 0 Å². The molecule has 1 saturated heterocycles. The van der Waals surface area contributed by atoms with Gasteiger partial charge in [0, 0.05) is 7.05 Å². The summed E-state index contributed by atoms with van der Waals surface area (Å²) in [6.45, 7) is 6.28. The molecular formula is C17H21ClN2O4. The zero-order valence-electron chi connectivity index (χ0n) is 14.2. The summed E-state index contributed by atoms with van der Waals surface area (Å²) in [5, 5.41) is 2.90. The van der Waals surface area contributed by atoms with Gasteiger partial charge in [-0.1, -0.05) is 18.5 Å². The number of carbonyl (C=O) groups is 2. The first-order valence-electron chi connectivity index (χ1n) is 7.81. The van der Waals surface area contributed by atoms with Crippen LogP contribution in [-0.4, -0.2) is 36.6 Å². The van der Waals surface area contributed by atoms with E-state index in [0.29, 0.717) is 28.7 Å². The highest BCUT2D eigenvalue weighted by molar-refractivity contribution is 6.32. The minimum absolute atomic E-state index is 0.00439. The molecule has 0 bridgehead atoms. The molecule has 0 radical (unpaired) electrons. The van der Waals surface area contributed by atoms with E-state index in [0.717, 1.165) is 11.3 Å². The van der Waals surface area contributed by atoms with Gasteiger partial charge in [-0.25, -0.2) is 4.79 Å². The third-order valence-corrected chi connectivity index (χ3v) is 3.90. The molecule has 1 aromatic carbocycles. The van der Waals surface area contributed by atoms with Crippen LogP contribution in [0, 0.1) is 0 Å². The number of carbonyl (C=O) groups excluding carboxylic acids is 2. The van der Waals surface area contributed by atoms with Crippen molar-refractivity contribution in [2.45, 2.75) is 33.3 Å². The highest BCUT2D eigenvalue weighted by Gasteiger charge is 2.30. The molecule has 0 saturated carbocycles. The molecule has 130 valence electrons. The van der Waals surface area contributed by atoms with E-state index in [1.165, 1.54) is 7.05 Å². The van der Waals surface area contributed by atoms with Gasteiger partial charge in [0.1, 0.15) is 5.70 Å². The molecule has 6 nitrogen and oxygen atoms in total. The number of halogens is 1. The second-order valence-corrected chi connectivity index (χ2v) is 5.86. The molecule has 1 N–H and O–H groups in total. The van der Waals surface area contributed by atoms with Crippen LogP contribution in [-0.2, 0) is 4.79 Å². The fourth-order valence-corrected chi connectivity index (χ4v) is 2.39. The van der Waals surface area contributed by atoms with Crippen LogP contribution in [0.15, 0.2) is 17.8 Å². The molecule has 0 unspecified atom stereocenters. The largest absolute Gasteiger partial charge is 0.490 e. The Labute approximate surface area is 146 Å². The SMILES string of the molecule is CCOc1cc(/C=C2/NC(=O)N(C)C2=O)cc(Cl)c1O[C@@H](C)CC. The molecule has 1 atom stereocenters. The van der Waals surface area contributed by atoms with Crippen LogP contribution >= 0.6 is 11.6 Å². The minimum Gasteiger partial charge on any atom is -0.490 e. The van der Waals surface area contributed by atoms with Crippen LogP contribution in [0.5, 0.6) is 11.5 Å². The normalized spacial score (nSPS) is 17.2. The average molecular weight is 353 g/mol. The van der Waals surface area contributed by atoms with E-state index in [1.54, 1.807) is 18.2 Å². The second kappa shape index (κ2) is 7.57. The predicted molar refractivity (Wildman–Crippen MR) is 92.3 cm³/mol. The Morgan fingerprint density at radius 1 is 1.33 bits per heavy atom. The molecule has 0 aromatic heterocycles. The van der Waals surface area contributed by atoms with Crippen molar-refractivity contribution in [2.24, 2.45) is 0 Å². The number of benzene rings is 1. The lowest BCUT2D eigenvalue weighted by molar-refractivity contribution is -0.121. The maximum Gasteiger partial charge on any atom is 0.328 e. The van der Waals surface area contributed by atoms with Crippen molar-refractivity contribution in [2.75, 3.05) is 13.7 Å². The van der Waals surface area contributed by atoms with Crippen molar-refractivity contribution in [3.8, 4) is 11.5 Å². The quantitative estimate of drug-likeness (QED) is 0.629. The fraction of sp³-hybridized carbons (Fsp3) is 0.412. The third kappa shape index (κ3) is 3.82. The first kappa shape index (κ1) is 18.1. The lowest BCUT2D eigenvalue weighted by atomic mass is 10.1. The number of nitrogens with one attached hydrogen (secondary N) is 1. The van der Waals surface area contributed by atoms with Gasteiger partial charge in [-0.2, -0.15) is 0 Å². The van der Waals surface area contributed by atoms with Crippen LogP contribution in [0.4, 0.5) is 4.79 Å². The van der Waals surface area contributed by atoms with Gasteiger partial charge in [-0.05, 0) is 44.0 Å². The molecule has 1 heterocycles. The maximum atomic E-state index is 12.0. The average Bonchev–Trinajstić information content (AvgIpc) is 2.78. The van der Waals surface area contributed by atoms with E-state index in [9.17, 15) is 9.59 Å². The summed E-state index contributed by atoms with van der Waals surface area (Å²) in [5.74, 6) is 0.588. The molecule has 24 heavy (non-hydrogen) atoms. The van der Waals surface area contributed by atoms with Gasteiger partial charge in [0.25, 0.3) is 5.91 Å².